The molecule has 108 valence electrons. The molecule has 2 unspecified atom stereocenters. The standard InChI is InChI=1S/C15H27N3O/c1-4-17-15(10-19)8-5-6-14(15)7-9-18-11-16-12(2)13(18)3/h11,14,17,19H,4-10H2,1-3H3. The van der Waals surface area contributed by atoms with Gasteiger partial charge in [-0.1, -0.05) is 13.3 Å². The van der Waals surface area contributed by atoms with Crippen molar-refractivity contribution < 1.29 is 5.11 Å². The second-order valence-corrected chi connectivity index (χ2v) is 5.83. The lowest BCUT2D eigenvalue weighted by Crippen LogP contribution is -2.51. The van der Waals surface area contributed by atoms with Gasteiger partial charge in [-0.2, -0.15) is 0 Å². The van der Waals surface area contributed by atoms with Crippen LogP contribution in [0.1, 0.15) is 44.0 Å². The van der Waals surface area contributed by atoms with Crippen molar-refractivity contribution in [3.05, 3.63) is 17.7 Å². The van der Waals surface area contributed by atoms with Gasteiger partial charge in [0.15, 0.2) is 0 Å². The van der Waals surface area contributed by atoms with Crippen LogP contribution in [-0.4, -0.2) is 33.3 Å². The number of nitrogens with zero attached hydrogens (tertiary/aromatic N) is 2. The molecule has 1 aromatic heterocycles. The normalized spacial score (nSPS) is 27.1. The van der Waals surface area contributed by atoms with E-state index in [2.05, 4.69) is 35.6 Å². The summed E-state index contributed by atoms with van der Waals surface area (Å²) in [4.78, 5) is 4.35. The van der Waals surface area contributed by atoms with Crippen molar-refractivity contribution in [2.75, 3.05) is 13.2 Å². The van der Waals surface area contributed by atoms with Crippen molar-refractivity contribution >= 4 is 0 Å². The number of aryl methyl sites for hydroxylation is 2. The lowest BCUT2D eigenvalue weighted by atomic mass is 9.85. The minimum Gasteiger partial charge on any atom is -0.394 e. The Morgan fingerprint density at radius 2 is 2.32 bits per heavy atom. The maximum atomic E-state index is 9.79. The van der Waals surface area contributed by atoms with Gasteiger partial charge >= 0.3 is 0 Å². The fraction of sp³-hybridized carbons (Fsp3) is 0.800. The highest BCUT2D eigenvalue weighted by Crippen LogP contribution is 2.38. The summed E-state index contributed by atoms with van der Waals surface area (Å²) in [5, 5.41) is 13.3. The van der Waals surface area contributed by atoms with E-state index in [0.29, 0.717) is 5.92 Å². The number of aromatic nitrogens is 2. The maximum absolute atomic E-state index is 9.79. The number of aliphatic hydroxyl groups excluding tert-OH is 1. The third kappa shape index (κ3) is 2.84. The third-order valence-electron chi connectivity index (χ3n) is 4.83. The van der Waals surface area contributed by atoms with Gasteiger partial charge in [0.1, 0.15) is 0 Å². The van der Waals surface area contributed by atoms with Crippen LogP contribution in [-0.2, 0) is 6.54 Å². The highest BCUT2D eigenvalue weighted by molar-refractivity contribution is 5.08. The second kappa shape index (κ2) is 6.06. The Kier molecular flexibility index (Phi) is 4.63. The minimum atomic E-state index is -0.0434. The molecule has 2 N–H and O–H groups in total. The summed E-state index contributed by atoms with van der Waals surface area (Å²) in [5.74, 6) is 0.569. The van der Waals surface area contributed by atoms with E-state index >= 15 is 0 Å². The van der Waals surface area contributed by atoms with Crippen molar-refractivity contribution in [2.24, 2.45) is 5.92 Å². The van der Waals surface area contributed by atoms with E-state index in [1.807, 2.05) is 6.33 Å². The molecule has 1 fully saturated rings. The Hall–Kier alpha value is -0.870. The predicted octanol–water partition coefficient (Wildman–Crippen LogP) is 2.03. The van der Waals surface area contributed by atoms with Gasteiger partial charge in [-0.3, -0.25) is 0 Å². The van der Waals surface area contributed by atoms with Gasteiger partial charge in [0.05, 0.1) is 18.6 Å². The van der Waals surface area contributed by atoms with Gasteiger partial charge < -0.3 is 15.0 Å². The van der Waals surface area contributed by atoms with Gasteiger partial charge in [-0.15, -0.1) is 0 Å². The fourth-order valence-electron chi connectivity index (χ4n) is 3.48. The van der Waals surface area contributed by atoms with Crippen LogP contribution in [0.3, 0.4) is 0 Å². The monoisotopic (exact) mass is 265 g/mol. The first-order valence-corrected chi connectivity index (χ1v) is 7.47. The van der Waals surface area contributed by atoms with Gasteiger partial charge in [0.25, 0.3) is 0 Å². The zero-order valence-corrected chi connectivity index (χ0v) is 12.4. The molecule has 0 bridgehead atoms. The van der Waals surface area contributed by atoms with Gasteiger partial charge in [-0.05, 0) is 45.6 Å². The van der Waals surface area contributed by atoms with Gasteiger partial charge in [0, 0.05) is 17.8 Å². The molecule has 0 aromatic carbocycles. The van der Waals surface area contributed by atoms with Crippen LogP contribution < -0.4 is 5.32 Å². The number of hydrogen-bond donors (Lipinski definition) is 2. The van der Waals surface area contributed by atoms with Crippen LogP contribution in [0.5, 0.6) is 0 Å². The van der Waals surface area contributed by atoms with E-state index in [9.17, 15) is 5.11 Å². The molecule has 4 nitrogen and oxygen atoms in total. The molecule has 4 heteroatoms. The Labute approximate surface area is 116 Å². The second-order valence-electron chi connectivity index (χ2n) is 5.83. The molecule has 0 saturated heterocycles. The Morgan fingerprint density at radius 3 is 2.89 bits per heavy atom. The Balaban J connectivity index is 2.00. The van der Waals surface area contributed by atoms with Crippen LogP contribution >= 0.6 is 0 Å². The first-order chi connectivity index (χ1) is 9.13. The zero-order valence-electron chi connectivity index (χ0n) is 12.4. The van der Waals surface area contributed by atoms with E-state index in [1.165, 1.54) is 18.5 Å². The molecule has 1 aromatic rings. The van der Waals surface area contributed by atoms with Crippen LogP contribution in [0.4, 0.5) is 0 Å². The fourth-order valence-corrected chi connectivity index (χ4v) is 3.48. The van der Waals surface area contributed by atoms with E-state index in [0.717, 1.165) is 31.6 Å². The van der Waals surface area contributed by atoms with Crippen molar-refractivity contribution in [3.8, 4) is 0 Å². The van der Waals surface area contributed by atoms with Crippen molar-refractivity contribution in [3.63, 3.8) is 0 Å². The molecule has 2 atom stereocenters. The summed E-state index contributed by atoms with van der Waals surface area (Å²) in [5.41, 5.74) is 2.33. The van der Waals surface area contributed by atoms with E-state index < -0.39 is 0 Å². The van der Waals surface area contributed by atoms with Crippen molar-refractivity contribution in [2.45, 2.75) is 58.5 Å². The van der Waals surface area contributed by atoms with E-state index in [-0.39, 0.29) is 12.1 Å². The molecule has 0 aliphatic heterocycles. The van der Waals surface area contributed by atoms with Crippen LogP contribution in [0.15, 0.2) is 6.33 Å². The molecule has 1 aliphatic rings. The molecule has 2 rings (SSSR count). The minimum absolute atomic E-state index is 0.0434. The molecule has 1 heterocycles. The summed E-state index contributed by atoms with van der Waals surface area (Å²) in [6.45, 7) is 8.49. The topological polar surface area (TPSA) is 50.1 Å². The summed E-state index contributed by atoms with van der Waals surface area (Å²) < 4.78 is 2.24. The Bertz CT molecular complexity index is 416. The summed E-state index contributed by atoms with van der Waals surface area (Å²) in [6, 6.07) is 0. The third-order valence-corrected chi connectivity index (χ3v) is 4.83. The first kappa shape index (κ1) is 14.5. The van der Waals surface area contributed by atoms with Crippen LogP contribution in [0, 0.1) is 19.8 Å². The molecular formula is C15H27N3O. The lowest BCUT2D eigenvalue weighted by Gasteiger charge is -2.35. The number of imidazole rings is 1. The summed E-state index contributed by atoms with van der Waals surface area (Å²) in [7, 11) is 0. The van der Waals surface area contributed by atoms with Crippen molar-refractivity contribution in [1.82, 2.24) is 14.9 Å². The van der Waals surface area contributed by atoms with E-state index in [1.54, 1.807) is 0 Å². The molecular weight excluding hydrogens is 238 g/mol. The molecule has 1 aliphatic carbocycles. The number of aliphatic hydroxyl groups is 1. The number of likely N-dealkylation sites (N-methyl/N-ethyl adjacent to an activating group) is 1. The molecule has 1 saturated carbocycles. The molecule has 0 spiro atoms. The SMILES string of the molecule is CCNC1(CO)CCCC1CCn1cnc(C)c1C. The quantitative estimate of drug-likeness (QED) is 0.827. The number of rotatable bonds is 6. The zero-order chi connectivity index (χ0) is 13.9. The number of nitrogens with one attached hydrogen (secondary N) is 1. The molecule has 0 radical (unpaired) electrons. The lowest BCUT2D eigenvalue weighted by molar-refractivity contribution is 0.118. The van der Waals surface area contributed by atoms with E-state index in [4.69, 9.17) is 0 Å². The molecule has 19 heavy (non-hydrogen) atoms. The van der Waals surface area contributed by atoms with Crippen molar-refractivity contribution in [1.29, 1.82) is 0 Å². The average molecular weight is 265 g/mol. The predicted molar refractivity (Wildman–Crippen MR) is 77.2 cm³/mol. The maximum Gasteiger partial charge on any atom is 0.0951 e. The summed E-state index contributed by atoms with van der Waals surface area (Å²) >= 11 is 0. The highest BCUT2D eigenvalue weighted by atomic mass is 16.3. The average Bonchev–Trinajstić information content (AvgIpc) is 2.94. The smallest absolute Gasteiger partial charge is 0.0951 e. The highest BCUT2D eigenvalue weighted by Gasteiger charge is 2.41. The van der Waals surface area contributed by atoms with Crippen LogP contribution in [0.25, 0.3) is 0 Å². The van der Waals surface area contributed by atoms with Gasteiger partial charge in [-0.25, -0.2) is 4.98 Å². The van der Waals surface area contributed by atoms with Gasteiger partial charge in [0.2, 0.25) is 0 Å². The first-order valence-electron chi connectivity index (χ1n) is 7.47. The summed E-state index contributed by atoms with van der Waals surface area (Å²) in [6.07, 6.45) is 6.60. The van der Waals surface area contributed by atoms with Crippen LogP contribution in [0.2, 0.25) is 0 Å². The number of hydrogen-bond acceptors (Lipinski definition) is 3. The molecule has 0 amide bonds. The largest absolute Gasteiger partial charge is 0.394 e. The Morgan fingerprint density at radius 1 is 1.53 bits per heavy atom.